The van der Waals surface area contributed by atoms with Gasteiger partial charge in [-0.15, -0.1) is 0 Å². The first kappa shape index (κ1) is 16.0. The third-order valence-electron chi connectivity index (χ3n) is 3.47. The fourth-order valence-corrected chi connectivity index (χ4v) is 2.00. The first-order chi connectivity index (χ1) is 10.4. The molecule has 1 N–H and O–H groups in total. The molecule has 0 aliphatic carbocycles. The van der Waals surface area contributed by atoms with Crippen molar-refractivity contribution in [1.29, 1.82) is 0 Å². The number of amides is 1. The van der Waals surface area contributed by atoms with E-state index in [0.717, 1.165) is 5.56 Å². The van der Waals surface area contributed by atoms with E-state index in [2.05, 4.69) is 31.3 Å². The molecule has 2 aromatic rings. The molecule has 0 atom stereocenters. The molecule has 2 aromatic carbocycles. The Balaban J connectivity index is 1.99. The van der Waals surface area contributed by atoms with Gasteiger partial charge in [-0.1, -0.05) is 62.7 Å². The quantitative estimate of drug-likeness (QED) is 0.673. The van der Waals surface area contributed by atoms with Gasteiger partial charge in [-0.3, -0.25) is 4.79 Å². The van der Waals surface area contributed by atoms with E-state index in [1.807, 2.05) is 55.5 Å². The van der Waals surface area contributed by atoms with Gasteiger partial charge in [0.2, 0.25) is 0 Å². The molecule has 0 saturated heterocycles. The smallest absolute Gasteiger partial charge is 0.267 e. The predicted octanol–water partition coefficient (Wildman–Crippen LogP) is 4.06. The summed E-state index contributed by atoms with van der Waals surface area (Å²) in [5.41, 5.74) is 6.59. The highest BCUT2D eigenvalue weighted by atomic mass is 16.2. The van der Waals surface area contributed by atoms with Crippen molar-refractivity contribution in [2.75, 3.05) is 0 Å². The van der Waals surface area contributed by atoms with Crippen molar-refractivity contribution in [3.05, 3.63) is 70.8 Å². The Labute approximate surface area is 132 Å². The molecule has 22 heavy (non-hydrogen) atoms. The minimum absolute atomic E-state index is 0.0819. The lowest BCUT2D eigenvalue weighted by molar-refractivity contribution is 0.0955. The summed E-state index contributed by atoms with van der Waals surface area (Å²) in [6.07, 6.45) is 1.64. The summed E-state index contributed by atoms with van der Waals surface area (Å²) >= 11 is 0. The number of carbonyl (C=O) groups is 1. The monoisotopic (exact) mass is 294 g/mol. The van der Waals surface area contributed by atoms with Crippen LogP contribution in [0.15, 0.2) is 53.6 Å². The second-order valence-electron chi connectivity index (χ2n) is 6.44. The van der Waals surface area contributed by atoms with E-state index in [9.17, 15) is 4.79 Å². The Morgan fingerprint density at radius 1 is 1.00 bits per heavy atom. The predicted molar refractivity (Wildman–Crippen MR) is 91.4 cm³/mol. The summed E-state index contributed by atoms with van der Waals surface area (Å²) < 4.78 is 0. The van der Waals surface area contributed by atoms with E-state index in [1.165, 1.54) is 11.1 Å². The minimum Gasteiger partial charge on any atom is -0.267 e. The number of aryl methyl sites for hydroxylation is 1. The van der Waals surface area contributed by atoms with Crippen LogP contribution in [-0.2, 0) is 5.41 Å². The van der Waals surface area contributed by atoms with Crippen LogP contribution in [0.25, 0.3) is 0 Å². The maximum Gasteiger partial charge on any atom is 0.271 e. The van der Waals surface area contributed by atoms with Crippen LogP contribution in [0.3, 0.4) is 0 Å². The van der Waals surface area contributed by atoms with E-state index in [-0.39, 0.29) is 11.3 Å². The van der Waals surface area contributed by atoms with Crippen LogP contribution in [0.1, 0.15) is 47.8 Å². The lowest BCUT2D eigenvalue weighted by atomic mass is 9.87. The molecule has 2 rings (SSSR count). The van der Waals surface area contributed by atoms with Crippen LogP contribution in [-0.4, -0.2) is 12.1 Å². The molecule has 0 unspecified atom stereocenters. The summed E-state index contributed by atoms with van der Waals surface area (Å²) in [6.45, 7) is 8.47. The highest BCUT2D eigenvalue weighted by molar-refractivity contribution is 5.94. The zero-order valence-corrected chi connectivity index (χ0v) is 13.6. The van der Waals surface area contributed by atoms with E-state index < -0.39 is 0 Å². The highest BCUT2D eigenvalue weighted by Crippen LogP contribution is 2.22. The summed E-state index contributed by atoms with van der Waals surface area (Å²) in [5, 5.41) is 3.99. The zero-order chi connectivity index (χ0) is 16.2. The first-order valence-electron chi connectivity index (χ1n) is 7.37. The number of nitrogens with one attached hydrogen (secondary N) is 1. The Kier molecular flexibility index (Phi) is 4.76. The second-order valence-corrected chi connectivity index (χ2v) is 6.44. The lowest BCUT2D eigenvalue weighted by Crippen LogP contribution is -2.18. The summed E-state index contributed by atoms with van der Waals surface area (Å²) in [4.78, 5) is 12.0. The maximum atomic E-state index is 12.0. The first-order valence-corrected chi connectivity index (χ1v) is 7.37. The zero-order valence-electron chi connectivity index (χ0n) is 13.6. The van der Waals surface area contributed by atoms with Crippen LogP contribution in [0, 0.1) is 6.92 Å². The lowest BCUT2D eigenvalue weighted by Gasteiger charge is -2.18. The number of hydrogen-bond donors (Lipinski definition) is 1. The Morgan fingerprint density at radius 2 is 1.59 bits per heavy atom. The molecule has 0 fully saturated rings. The molecule has 114 valence electrons. The van der Waals surface area contributed by atoms with Crippen molar-refractivity contribution >= 4 is 12.1 Å². The van der Waals surface area contributed by atoms with Gasteiger partial charge >= 0.3 is 0 Å². The standard InChI is InChI=1S/C19H22N2O/c1-14-5-7-15(8-6-14)13-20-21-18(22)16-9-11-17(12-10-16)19(2,3)4/h5-13H,1-4H3,(H,21,22)/b20-13+. The molecule has 3 heteroatoms. The molecule has 0 aliphatic heterocycles. The number of carbonyl (C=O) groups excluding carboxylic acids is 1. The van der Waals surface area contributed by atoms with Gasteiger partial charge in [0, 0.05) is 5.56 Å². The third-order valence-corrected chi connectivity index (χ3v) is 3.47. The fraction of sp³-hybridized carbons (Fsp3) is 0.263. The molecular formula is C19H22N2O. The van der Waals surface area contributed by atoms with Crippen LogP contribution >= 0.6 is 0 Å². The largest absolute Gasteiger partial charge is 0.271 e. The Bertz CT molecular complexity index is 662. The summed E-state index contributed by atoms with van der Waals surface area (Å²) in [6, 6.07) is 15.6. The van der Waals surface area contributed by atoms with Crippen molar-refractivity contribution in [1.82, 2.24) is 5.43 Å². The molecule has 1 amide bonds. The van der Waals surface area contributed by atoms with Crippen molar-refractivity contribution in [3.63, 3.8) is 0 Å². The molecule has 0 aliphatic rings. The molecule has 0 radical (unpaired) electrons. The van der Waals surface area contributed by atoms with Gasteiger partial charge in [-0.25, -0.2) is 5.43 Å². The summed E-state index contributed by atoms with van der Waals surface area (Å²) in [5.74, 6) is -0.205. The van der Waals surface area contributed by atoms with Crippen LogP contribution < -0.4 is 5.43 Å². The Morgan fingerprint density at radius 3 is 2.14 bits per heavy atom. The SMILES string of the molecule is Cc1ccc(/C=N/NC(=O)c2ccc(C(C)(C)C)cc2)cc1. The summed E-state index contributed by atoms with van der Waals surface area (Å²) in [7, 11) is 0. The van der Waals surface area contributed by atoms with Crippen molar-refractivity contribution < 1.29 is 4.79 Å². The van der Waals surface area contributed by atoms with Gasteiger partial charge in [-0.05, 0) is 35.6 Å². The second kappa shape index (κ2) is 6.56. The topological polar surface area (TPSA) is 41.5 Å². The highest BCUT2D eigenvalue weighted by Gasteiger charge is 2.13. The van der Waals surface area contributed by atoms with E-state index in [1.54, 1.807) is 6.21 Å². The van der Waals surface area contributed by atoms with Crippen LogP contribution in [0.2, 0.25) is 0 Å². The number of hydrazone groups is 1. The van der Waals surface area contributed by atoms with Gasteiger partial charge in [0.15, 0.2) is 0 Å². The molecule has 0 aromatic heterocycles. The van der Waals surface area contributed by atoms with E-state index in [4.69, 9.17) is 0 Å². The Hall–Kier alpha value is -2.42. The van der Waals surface area contributed by atoms with Crippen LogP contribution in [0.4, 0.5) is 0 Å². The van der Waals surface area contributed by atoms with E-state index >= 15 is 0 Å². The van der Waals surface area contributed by atoms with Gasteiger partial charge in [0.25, 0.3) is 5.91 Å². The van der Waals surface area contributed by atoms with Gasteiger partial charge in [0.05, 0.1) is 6.21 Å². The average Bonchev–Trinajstić information content (AvgIpc) is 2.48. The average molecular weight is 294 g/mol. The maximum absolute atomic E-state index is 12.0. The van der Waals surface area contributed by atoms with Gasteiger partial charge < -0.3 is 0 Å². The third kappa shape index (κ3) is 4.29. The fourth-order valence-electron chi connectivity index (χ4n) is 2.00. The molecule has 0 saturated carbocycles. The molecular weight excluding hydrogens is 272 g/mol. The van der Waals surface area contributed by atoms with Gasteiger partial charge in [0.1, 0.15) is 0 Å². The van der Waals surface area contributed by atoms with Crippen molar-refractivity contribution in [2.45, 2.75) is 33.1 Å². The van der Waals surface area contributed by atoms with Crippen molar-refractivity contribution in [3.8, 4) is 0 Å². The molecule has 0 heterocycles. The van der Waals surface area contributed by atoms with Crippen LogP contribution in [0.5, 0.6) is 0 Å². The number of hydrogen-bond acceptors (Lipinski definition) is 2. The van der Waals surface area contributed by atoms with Gasteiger partial charge in [-0.2, -0.15) is 5.10 Å². The normalized spacial score (nSPS) is 11.6. The molecule has 0 bridgehead atoms. The molecule has 0 spiro atoms. The number of nitrogens with zero attached hydrogens (tertiary/aromatic N) is 1. The van der Waals surface area contributed by atoms with Crippen molar-refractivity contribution in [2.24, 2.45) is 5.10 Å². The minimum atomic E-state index is -0.205. The molecule has 3 nitrogen and oxygen atoms in total. The van der Waals surface area contributed by atoms with E-state index in [0.29, 0.717) is 5.56 Å². The number of rotatable bonds is 3. The number of benzene rings is 2.